The molecule has 0 aromatic heterocycles. The first-order valence-electron chi connectivity index (χ1n) is 10.6. The molecule has 3 aromatic rings. The van der Waals surface area contributed by atoms with Gasteiger partial charge in [0, 0.05) is 0 Å². The largest absolute Gasteiger partial charge is 0.469 e. The summed E-state index contributed by atoms with van der Waals surface area (Å²) in [4.78, 5) is 12.6. The van der Waals surface area contributed by atoms with Gasteiger partial charge in [-0.1, -0.05) is 38.1 Å². The van der Waals surface area contributed by atoms with E-state index in [0.717, 1.165) is 18.2 Å². The number of carbonyl (C=O) groups is 1. The minimum Gasteiger partial charge on any atom is -0.469 e. The number of hydrogen-bond donors (Lipinski definition) is 0. The van der Waals surface area contributed by atoms with Gasteiger partial charge in [0.15, 0.2) is 0 Å². The molecule has 34 heavy (non-hydrogen) atoms. The van der Waals surface area contributed by atoms with Gasteiger partial charge in [-0.15, -0.1) is 0 Å². The quantitative estimate of drug-likeness (QED) is 0.280. The molecule has 0 saturated carbocycles. The topological polar surface area (TPSA) is 50.1 Å². The second-order valence-electron chi connectivity index (χ2n) is 8.46. The molecule has 0 saturated heterocycles. The minimum absolute atomic E-state index is 0.128. The van der Waals surface area contributed by atoms with Crippen molar-refractivity contribution >= 4 is 5.97 Å². The maximum absolute atomic E-state index is 14.2. The highest BCUT2D eigenvalue weighted by molar-refractivity contribution is 5.82. The van der Waals surface area contributed by atoms with Crippen LogP contribution >= 0.6 is 0 Å². The Kier molecular flexibility index (Phi) is 7.41. The summed E-state index contributed by atoms with van der Waals surface area (Å²) < 4.78 is 58.2. The van der Waals surface area contributed by atoms with Crippen molar-refractivity contribution < 1.29 is 27.1 Å². The zero-order valence-corrected chi connectivity index (χ0v) is 18.9. The second kappa shape index (κ2) is 10.1. The molecular formula is C27H23F4NO2. The predicted molar refractivity (Wildman–Crippen MR) is 121 cm³/mol. The van der Waals surface area contributed by atoms with Crippen LogP contribution in [0.5, 0.6) is 0 Å². The fourth-order valence-corrected chi connectivity index (χ4v) is 3.84. The van der Waals surface area contributed by atoms with Gasteiger partial charge >= 0.3 is 12.1 Å². The van der Waals surface area contributed by atoms with Crippen LogP contribution in [0.4, 0.5) is 17.6 Å². The van der Waals surface area contributed by atoms with Crippen molar-refractivity contribution in [3.05, 3.63) is 83.2 Å². The Bertz CT molecular complexity index is 1220. The molecule has 0 heterocycles. The lowest BCUT2D eigenvalue weighted by Gasteiger charge is -2.20. The number of alkyl halides is 3. The lowest BCUT2D eigenvalue weighted by molar-refractivity contribution is -0.143. The smallest absolute Gasteiger partial charge is 0.416 e. The average Bonchev–Trinajstić information content (AvgIpc) is 2.80. The highest BCUT2D eigenvalue weighted by atomic mass is 19.4. The van der Waals surface area contributed by atoms with E-state index in [2.05, 4.69) is 0 Å². The highest BCUT2D eigenvalue weighted by Gasteiger charge is 2.30. The van der Waals surface area contributed by atoms with E-state index >= 15 is 0 Å². The van der Waals surface area contributed by atoms with E-state index in [9.17, 15) is 27.6 Å². The molecule has 0 N–H and O–H groups in total. The molecule has 3 aromatic carbocycles. The third-order valence-electron chi connectivity index (χ3n) is 5.46. The van der Waals surface area contributed by atoms with Gasteiger partial charge in [0.05, 0.1) is 30.2 Å². The fraction of sp³-hybridized carbons (Fsp3) is 0.259. The maximum Gasteiger partial charge on any atom is 0.416 e. The summed E-state index contributed by atoms with van der Waals surface area (Å²) in [6.07, 6.45) is -3.98. The third-order valence-corrected chi connectivity index (χ3v) is 5.46. The van der Waals surface area contributed by atoms with E-state index in [1.165, 1.54) is 31.4 Å². The molecule has 0 aliphatic carbocycles. The molecule has 0 aliphatic heterocycles. The standard InChI is InChI=1S/C27H23F4NO2/c1-16(2)8-25(26(33)34-3)22-12-20(18-4-6-23(7-5-18)27(29,30)31)11-21(13-22)19-9-17(15-32)10-24(28)14-19/h4-7,9-14,16,25H,8H2,1-3H3. The number of halogens is 4. The first-order chi connectivity index (χ1) is 16.0. The van der Waals surface area contributed by atoms with Gasteiger partial charge in [0.1, 0.15) is 5.82 Å². The highest BCUT2D eigenvalue weighted by Crippen LogP contribution is 2.36. The molecule has 3 rings (SSSR count). The van der Waals surface area contributed by atoms with E-state index in [1.54, 1.807) is 18.2 Å². The number of ether oxygens (including phenoxy) is 1. The van der Waals surface area contributed by atoms with Crippen molar-refractivity contribution in [2.24, 2.45) is 5.92 Å². The number of esters is 1. The van der Waals surface area contributed by atoms with Gasteiger partial charge in [-0.25, -0.2) is 4.39 Å². The van der Waals surface area contributed by atoms with Crippen LogP contribution in [0.1, 0.15) is 42.9 Å². The number of methoxy groups -OCH3 is 1. The van der Waals surface area contributed by atoms with E-state index < -0.39 is 29.4 Å². The van der Waals surface area contributed by atoms with Gasteiger partial charge in [-0.2, -0.15) is 18.4 Å². The molecule has 176 valence electrons. The van der Waals surface area contributed by atoms with E-state index in [4.69, 9.17) is 4.74 Å². The van der Waals surface area contributed by atoms with Gasteiger partial charge in [-0.3, -0.25) is 4.79 Å². The van der Waals surface area contributed by atoms with Crippen LogP contribution in [0, 0.1) is 23.1 Å². The average molecular weight is 469 g/mol. The molecule has 0 fully saturated rings. The molecule has 1 atom stereocenters. The van der Waals surface area contributed by atoms with E-state index in [1.807, 2.05) is 19.9 Å². The Hall–Kier alpha value is -3.66. The summed E-state index contributed by atoms with van der Waals surface area (Å²) in [5, 5.41) is 9.23. The van der Waals surface area contributed by atoms with E-state index in [-0.39, 0.29) is 11.5 Å². The van der Waals surface area contributed by atoms with Crippen LogP contribution in [0.25, 0.3) is 22.3 Å². The Morgan fingerprint density at radius 2 is 1.53 bits per heavy atom. The molecule has 0 aliphatic rings. The van der Waals surface area contributed by atoms with Crippen molar-refractivity contribution in [1.82, 2.24) is 0 Å². The molecule has 0 radical (unpaired) electrons. The number of hydrogen-bond acceptors (Lipinski definition) is 3. The fourth-order valence-electron chi connectivity index (χ4n) is 3.84. The zero-order valence-electron chi connectivity index (χ0n) is 18.9. The van der Waals surface area contributed by atoms with Crippen LogP contribution in [0.3, 0.4) is 0 Å². The van der Waals surface area contributed by atoms with Gasteiger partial charge < -0.3 is 4.74 Å². The van der Waals surface area contributed by atoms with Crippen LogP contribution in [-0.2, 0) is 15.7 Å². The molecule has 0 amide bonds. The molecule has 1 unspecified atom stereocenters. The number of rotatable bonds is 6. The summed E-state index contributed by atoms with van der Waals surface area (Å²) in [6, 6.07) is 15.7. The minimum atomic E-state index is -4.46. The molecule has 0 bridgehead atoms. The summed E-state index contributed by atoms with van der Waals surface area (Å²) in [5.41, 5.74) is 1.95. The lowest BCUT2D eigenvalue weighted by Crippen LogP contribution is -2.16. The Morgan fingerprint density at radius 1 is 0.941 bits per heavy atom. The summed E-state index contributed by atoms with van der Waals surface area (Å²) in [5.74, 6) is -1.51. The first kappa shape index (κ1) is 25.0. The first-order valence-corrected chi connectivity index (χ1v) is 10.6. The van der Waals surface area contributed by atoms with Crippen molar-refractivity contribution in [2.75, 3.05) is 7.11 Å². The zero-order chi connectivity index (χ0) is 25.0. The van der Waals surface area contributed by atoms with Crippen LogP contribution in [-0.4, -0.2) is 13.1 Å². The Morgan fingerprint density at radius 3 is 2.06 bits per heavy atom. The lowest BCUT2D eigenvalue weighted by atomic mass is 9.86. The second-order valence-corrected chi connectivity index (χ2v) is 8.46. The van der Waals surface area contributed by atoms with Crippen molar-refractivity contribution in [1.29, 1.82) is 5.26 Å². The van der Waals surface area contributed by atoms with Gasteiger partial charge in [0.25, 0.3) is 0 Å². The summed E-state index contributed by atoms with van der Waals surface area (Å²) in [6.45, 7) is 3.92. The van der Waals surface area contributed by atoms with Crippen molar-refractivity contribution in [2.45, 2.75) is 32.4 Å². The monoisotopic (exact) mass is 469 g/mol. The number of nitrogens with zero attached hydrogens (tertiary/aromatic N) is 1. The van der Waals surface area contributed by atoms with Gasteiger partial charge in [-0.05, 0) is 76.6 Å². The van der Waals surface area contributed by atoms with Crippen LogP contribution in [0.2, 0.25) is 0 Å². The van der Waals surface area contributed by atoms with Crippen molar-refractivity contribution in [3.63, 3.8) is 0 Å². The molecule has 3 nitrogen and oxygen atoms in total. The molecule has 7 heteroatoms. The summed E-state index contributed by atoms with van der Waals surface area (Å²) >= 11 is 0. The number of benzene rings is 3. The van der Waals surface area contributed by atoms with Crippen LogP contribution in [0.15, 0.2) is 60.7 Å². The predicted octanol–water partition coefficient (Wildman–Crippen LogP) is 7.35. The van der Waals surface area contributed by atoms with Gasteiger partial charge in [0.2, 0.25) is 0 Å². The normalized spacial score (nSPS) is 12.3. The molecular weight excluding hydrogens is 446 g/mol. The van der Waals surface area contributed by atoms with E-state index in [0.29, 0.717) is 34.2 Å². The Balaban J connectivity index is 2.22. The molecule has 0 spiro atoms. The number of nitriles is 1. The number of carbonyl (C=O) groups excluding carboxylic acids is 1. The maximum atomic E-state index is 14.2. The summed E-state index contributed by atoms with van der Waals surface area (Å²) in [7, 11) is 1.29. The van der Waals surface area contributed by atoms with Crippen LogP contribution < -0.4 is 0 Å². The third kappa shape index (κ3) is 5.82. The SMILES string of the molecule is COC(=O)C(CC(C)C)c1cc(-c2ccc(C(F)(F)F)cc2)cc(-c2cc(F)cc(C#N)c2)c1. The Labute approximate surface area is 195 Å². The van der Waals surface area contributed by atoms with Crippen molar-refractivity contribution in [3.8, 4) is 28.3 Å².